The van der Waals surface area contributed by atoms with E-state index in [9.17, 15) is 5.11 Å². The van der Waals surface area contributed by atoms with Crippen LogP contribution in [0.3, 0.4) is 0 Å². The van der Waals surface area contributed by atoms with Crippen molar-refractivity contribution in [1.82, 2.24) is 0 Å². The lowest BCUT2D eigenvalue weighted by Crippen LogP contribution is -2.21. The third kappa shape index (κ3) is 1.19. The Hall–Kier alpha value is -1.42. The monoisotopic (exact) mass is 180 g/mol. The number of nitrogens with two attached hydrogens (primary N) is 2. The molecule has 0 saturated carbocycles. The van der Waals surface area contributed by atoms with Crippen LogP contribution in [0.2, 0.25) is 0 Å². The summed E-state index contributed by atoms with van der Waals surface area (Å²) in [5, 5.41) is 9.36. The van der Waals surface area contributed by atoms with Gasteiger partial charge in [0.25, 0.3) is 0 Å². The largest absolute Gasteiger partial charge is 0.506 e. The van der Waals surface area contributed by atoms with Gasteiger partial charge in [0.2, 0.25) is 0 Å². The third-order valence-corrected chi connectivity index (χ3v) is 2.28. The normalized spacial score (nSPS) is 20.5. The van der Waals surface area contributed by atoms with Gasteiger partial charge in [-0.05, 0) is 12.1 Å². The molecule has 0 fully saturated rings. The molecular weight excluding hydrogens is 168 g/mol. The predicted octanol–water partition coefficient (Wildman–Crippen LogP) is 0.757. The van der Waals surface area contributed by atoms with Crippen LogP contribution in [0.25, 0.3) is 0 Å². The third-order valence-electron chi connectivity index (χ3n) is 2.28. The summed E-state index contributed by atoms with van der Waals surface area (Å²) >= 11 is 0. The molecule has 1 aromatic carbocycles. The Morgan fingerprint density at radius 2 is 2.23 bits per heavy atom. The van der Waals surface area contributed by atoms with Crippen LogP contribution in [0, 0.1) is 0 Å². The van der Waals surface area contributed by atoms with Gasteiger partial charge >= 0.3 is 0 Å². The van der Waals surface area contributed by atoms with Crippen LogP contribution in [0.15, 0.2) is 12.1 Å². The predicted molar refractivity (Wildman–Crippen MR) is 49.6 cm³/mol. The van der Waals surface area contributed by atoms with Gasteiger partial charge in [-0.15, -0.1) is 0 Å². The molecule has 1 aromatic rings. The SMILES string of the molecule is Nc1c(O)ccc2c1C(N)CCO2. The fraction of sp³-hybridized carbons (Fsp3) is 0.333. The Morgan fingerprint density at radius 3 is 3.00 bits per heavy atom. The van der Waals surface area contributed by atoms with Crippen molar-refractivity contribution in [2.75, 3.05) is 12.3 Å². The Bertz CT molecular complexity index is 339. The summed E-state index contributed by atoms with van der Waals surface area (Å²) in [5.41, 5.74) is 12.6. The molecule has 1 aliphatic heterocycles. The maximum absolute atomic E-state index is 9.36. The highest BCUT2D eigenvalue weighted by molar-refractivity contribution is 5.64. The highest BCUT2D eigenvalue weighted by atomic mass is 16.5. The highest BCUT2D eigenvalue weighted by Gasteiger charge is 2.22. The van der Waals surface area contributed by atoms with Crippen LogP contribution in [0.5, 0.6) is 11.5 Å². The number of phenolic OH excluding ortho intramolecular Hbond substituents is 1. The number of rotatable bonds is 0. The van der Waals surface area contributed by atoms with E-state index in [1.54, 1.807) is 6.07 Å². The minimum atomic E-state index is -0.129. The minimum absolute atomic E-state index is 0.0692. The minimum Gasteiger partial charge on any atom is -0.506 e. The lowest BCUT2D eigenvalue weighted by Gasteiger charge is -2.24. The molecule has 0 radical (unpaired) electrons. The molecule has 1 atom stereocenters. The molecule has 1 heterocycles. The molecule has 5 N–H and O–H groups in total. The molecule has 0 amide bonds. The van der Waals surface area contributed by atoms with Crippen molar-refractivity contribution < 1.29 is 9.84 Å². The van der Waals surface area contributed by atoms with Crippen molar-refractivity contribution in [3.8, 4) is 11.5 Å². The zero-order valence-electron chi connectivity index (χ0n) is 7.16. The number of benzene rings is 1. The second-order valence-electron chi connectivity index (χ2n) is 3.15. The fourth-order valence-electron chi connectivity index (χ4n) is 1.55. The number of fused-ring (bicyclic) bond motifs is 1. The van der Waals surface area contributed by atoms with E-state index in [1.165, 1.54) is 6.07 Å². The molecule has 1 unspecified atom stereocenters. The summed E-state index contributed by atoms with van der Waals surface area (Å²) in [5.74, 6) is 0.758. The molecule has 0 aliphatic carbocycles. The van der Waals surface area contributed by atoms with Crippen molar-refractivity contribution in [3.05, 3.63) is 17.7 Å². The number of phenols is 1. The topological polar surface area (TPSA) is 81.5 Å². The average molecular weight is 180 g/mol. The van der Waals surface area contributed by atoms with E-state index in [1.807, 2.05) is 0 Å². The highest BCUT2D eigenvalue weighted by Crippen LogP contribution is 2.39. The summed E-state index contributed by atoms with van der Waals surface area (Å²) in [4.78, 5) is 0. The molecule has 4 heteroatoms. The van der Waals surface area contributed by atoms with E-state index in [2.05, 4.69) is 0 Å². The second-order valence-corrected chi connectivity index (χ2v) is 3.15. The van der Waals surface area contributed by atoms with Crippen LogP contribution in [0.1, 0.15) is 18.0 Å². The molecule has 0 spiro atoms. The van der Waals surface area contributed by atoms with Gasteiger partial charge in [-0.25, -0.2) is 0 Å². The Balaban J connectivity index is 2.58. The first kappa shape index (κ1) is 8.19. The van der Waals surface area contributed by atoms with Gasteiger partial charge in [-0.3, -0.25) is 0 Å². The summed E-state index contributed by atoms with van der Waals surface area (Å²) in [7, 11) is 0. The number of hydrogen-bond donors (Lipinski definition) is 3. The van der Waals surface area contributed by atoms with Crippen LogP contribution in [0.4, 0.5) is 5.69 Å². The fourth-order valence-corrected chi connectivity index (χ4v) is 1.55. The van der Waals surface area contributed by atoms with E-state index >= 15 is 0 Å². The van der Waals surface area contributed by atoms with Crippen molar-refractivity contribution in [2.24, 2.45) is 5.73 Å². The lowest BCUT2D eigenvalue weighted by molar-refractivity contribution is 0.269. The number of ether oxygens (including phenoxy) is 1. The molecule has 1 aliphatic rings. The second kappa shape index (κ2) is 2.81. The van der Waals surface area contributed by atoms with E-state index in [0.717, 1.165) is 12.0 Å². The standard InChI is InChI=1S/C9H12N2O2/c10-5-3-4-13-7-2-1-6(12)9(11)8(5)7/h1-2,5,12H,3-4,10-11H2. The summed E-state index contributed by atoms with van der Waals surface area (Å²) in [6.07, 6.45) is 0.737. The number of nitrogen functional groups attached to an aromatic ring is 1. The number of aromatic hydroxyl groups is 1. The van der Waals surface area contributed by atoms with Crippen LogP contribution < -0.4 is 16.2 Å². The lowest BCUT2D eigenvalue weighted by atomic mass is 9.99. The van der Waals surface area contributed by atoms with Gasteiger partial charge < -0.3 is 21.3 Å². The van der Waals surface area contributed by atoms with Gasteiger partial charge in [-0.1, -0.05) is 0 Å². The van der Waals surface area contributed by atoms with Gasteiger partial charge in [-0.2, -0.15) is 0 Å². The molecule has 4 nitrogen and oxygen atoms in total. The molecule has 0 aromatic heterocycles. The van der Waals surface area contributed by atoms with Gasteiger partial charge in [0.1, 0.15) is 11.5 Å². The maximum Gasteiger partial charge on any atom is 0.139 e. The van der Waals surface area contributed by atoms with Crippen molar-refractivity contribution in [2.45, 2.75) is 12.5 Å². The first-order valence-corrected chi connectivity index (χ1v) is 4.20. The van der Waals surface area contributed by atoms with Crippen molar-refractivity contribution in [3.63, 3.8) is 0 Å². The average Bonchev–Trinajstić information content (AvgIpc) is 2.12. The molecule has 0 saturated heterocycles. The Labute approximate surface area is 76.1 Å². The quantitative estimate of drug-likeness (QED) is 0.406. The van der Waals surface area contributed by atoms with Crippen LogP contribution in [-0.4, -0.2) is 11.7 Å². The molecule has 0 bridgehead atoms. The molecular formula is C9H12N2O2. The number of hydrogen-bond acceptors (Lipinski definition) is 4. The maximum atomic E-state index is 9.36. The van der Waals surface area contributed by atoms with E-state index in [4.69, 9.17) is 16.2 Å². The van der Waals surface area contributed by atoms with Crippen LogP contribution >= 0.6 is 0 Å². The molecule has 13 heavy (non-hydrogen) atoms. The van der Waals surface area contributed by atoms with E-state index in [-0.39, 0.29) is 11.8 Å². The zero-order valence-corrected chi connectivity index (χ0v) is 7.16. The summed E-state index contributed by atoms with van der Waals surface area (Å²) in [6, 6.07) is 3.09. The van der Waals surface area contributed by atoms with Gasteiger partial charge in [0.15, 0.2) is 0 Å². The van der Waals surface area contributed by atoms with Crippen LogP contribution in [-0.2, 0) is 0 Å². The first-order valence-electron chi connectivity index (χ1n) is 4.20. The van der Waals surface area contributed by atoms with Crippen molar-refractivity contribution in [1.29, 1.82) is 0 Å². The Morgan fingerprint density at radius 1 is 1.46 bits per heavy atom. The smallest absolute Gasteiger partial charge is 0.139 e. The summed E-state index contributed by atoms with van der Waals surface area (Å²) in [6.45, 7) is 0.610. The van der Waals surface area contributed by atoms with Gasteiger partial charge in [0, 0.05) is 18.0 Å². The van der Waals surface area contributed by atoms with E-state index < -0.39 is 0 Å². The zero-order chi connectivity index (χ0) is 9.42. The van der Waals surface area contributed by atoms with E-state index in [0.29, 0.717) is 18.0 Å². The van der Waals surface area contributed by atoms with Crippen molar-refractivity contribution >= 4 is 5.69 Å². The first-order chi connectivity index (χ1) is 6.20. The molecule has 70 valence electrons. The van der Waals surface area contributed by atoms with Gasteiger partial charge in [0.05, 0.1) is 12.3 Å². The number of anilines is 1. The Kier molecular flexibility index (Phi) is 1.77. The summed E-state index contributed by atoms with van der Waals surface area (Å²) < 4.78 is 5.36. The molecule has 2 rings (SSSR count).